The van der Waals surface area contributed by atoms with Crippen LogP contribution in [0.25, 0.3) is 0 Å². The molecule has 0 aromatic heterocycles. The van der Waals surface area contributed by atoms with E-state index in [9.17, 15) is 9.59 Å². The maximum atomic E-state index is 12.9. The lowest BCUT2D eigenvalue weighted by atomic mass is 9.63. The van der Waals surface area contributed by atoms with Crippen LogP contribution in [0.5, 0.6) is 11.5 Å². The van der Waals surface area contributed by atoms with Gasteiger partial charge in [-0.15, -0.1) is 0 Å². The molecular weight excluding hydrogens is 428 g/mol. The predicted octanol–water partition coefficient (Wildman–Crippen LogP) is 4.46. The van der Waals surface area contributed by atoms with Crippen molar-refractivity contribution in [3.63, 3.8) is 0 Å². The Morgan fingerprint density at radius 3 is 2.25 bits per heavy atom. The highest BCUT2D eigenvalue weighted by Crippen LogP contribution is 2.49. The zero-order valence-corrected chi connectivity index (χ0v) is 18.4. The van der Waals surface area contributed by atoms with Crippen molar-refractivity contribution in [3.8, 4) is 11.5 Å². The van der Waals surface area contributed by atoms with Gasteiger partial charge in [0.2, 0.25) is 0 Å². The lowest BCUT2D eigenvalue weighted by Crippen LogP contribution is -2.38. The lowest BCUT2D eigenvalue weighted by molar-refractivity contribution is -0.140. The van der Waals surface area contributed by atoms with Gasteiger partial charge in [-0.05, 0) is 66.1 Å². The van der Waals surface area contributed by atoms with Crippen LogP contribution in [0.1, 0.15) is 24.0 Å². The Balaban J connectivity index is 1.30. The summed E-state index contributed by atoms with van der Waals surface area (Å²) < 4.78 is 11.3. The third kappa shape index (κ3) is 3.69. The van der Waals surface area contributed by atoms with Crippen molar-refractivity contribution in [2.75, 3.05) is 7.11 Å². The average Bonchev–Trinajstić information content (AvgIpc) is 3.10. The second kappa shape index (κ2) is 8.43. The van der Waals surface area contributed by atoms with Gasteiger partial charge >= 0.3 is 0 Å². The van der Waals surface area contributed by atoms with E-state index in [0.717, 1.165) is 23.4 Å². The van der Waals surface area contributed by atoms with E-state index in [0.29, 0.717) is 28.7 Å². The highest BCUT2D eigenvalue weighted by molar-refractivity contribution is 6.30. The molecule has 0 N–H and O–H groups in total. The first-order chi connectivity index (χ1) is 15.5. The fourth-order valence-corrected chi connectivity index (χ4v) is 5.05. The molecule has 0 spiro atoms. The zero-order valence-electron chi connectivity index (χ0n) is 17.6. The van der Waals surface area contributed by atoms with Crippen LogP contribution in [0.15, 0.2) is 59.7 Å². The van der Waals surface area contributed by atoms with Crippen molar-refractivity contribution in [3.05, 3.63) is 70.8 Å². The molecule has 3 aliphatic carbocycles. The van der Waals surface area contributed by atoms with E-state index in [1.165, 1.54) is 6.21 Å². The van der Waals surface area contributed by atoms with Crippen LogP contribution in [0.4, 0.5) is 0 Å². The summed E-state index contributed by atoms with van der Waals surface area (Å²) in [5.41, 5.74) is 1.69. The van der Waals surface area contributed by atoms with Gasteiger partial charge in [-0.3, -0.25) is 9.59 Å². The third-order valence-electron chi connectivity index (χ3n) is 6.55. The van der Waals surface area contributed by atoms with Crippen molar-refractivity contribution in [1.82, 2.24) is 5.01 Å². The number of ether oxygens (including phenoxy) is 2. The second-order valence-electron chi connectivity index (χ2n) is 8.40. The van der Waals surface area contributed by atoms with Crippen LogP contribution >= 0.6 is 11.6 Å². The molecule has 0 radical (unpaired) electrons. The second-order valence-corrected chi connectivity index (χ2v) is 8.84. The SMILES string of the molecule is COc1cc(/C=N\N2C(=O)[C@@H]3[C@@H](C2=O)[C@H]2C=C[C@@H]3CC2)ccc1OCc1ccc(Cl)cc1. The van der Waals surface area contributed by atoms with Crippen molar-refractivity contribution >= 4 is 29.6 Å². The topological polar surface area (TPSA) is 68.2 Å². The molecule has 2 aromatic carbocycles. The first-order valence-corrected chi connectivity index (χ1v) is 11.1. The molecule has 1 aliphatic heterocycles. The monoisotopic (exact) mass is 450 g/mol. The number of allylic oxidation sites excluding steroid dienone is 2. The zero-order chi connectivity index (χ0) is 22.2. The fraction of sp³-hybridized carbons (Fsp3) is 0.320. The van der Waals surface area contributed by atoms with Gasteiger partial charge in [-0.2, -0.15) is 10.1 Å². The smallest absolute Gasteiger partial charge is 0.254 e. The fourth-order valence-electron chi connectivity index (χ4n) is 4.92. The largest absolute Gasteiger partial charge is 0.493 e. The number of benzene rings is 2. The minimum absolute atomic E-state index is 0.152. The van der Waals surface area contributed by atoms with E-state index in [1.807, 2.05) is 30.3 Å². The number of carbonyl (C=O) groups excluding carboxylic acids is 2. The quantitative estimate of drug-likeness (QED) is 0.370. The minimum atomic E-state index is -0.262. The maximum absolute atomic E-state index is 12.9. The third-order valence-corrected chi connectivity index (χ3v) is 6.81. The number of halogens is 1. The van der Waals surface area contributed by atoms with Crippen molar-refractivity contribution in [1.29, 1.82) is 0 Å². The van der Waals surface area contributed by atoms with Gasteiger partial charge in [0.1, 0.15) is 6.61 Å². The summed E-state index contributed by atoms with van der Waals surface area (Å²) in [6.07, 6.45) is 7.65. The molecule has 1 saturated heterocycles. The first kappa shape index (κ1) is 20.8. The Bertz CT molecular complexity index is 1080. The van der Waals surface area contributed by atoms with Crippen molar-refractivity contribution < 1.29 is 19.1 Å². The van der Waals surface area contributed by atoms with Gasteiger partial charge in [0.15, 0.2) is 11.5 Å². The van der Waals surface area contributed by atoms with Crippen molar-refractivity contribution in [2.45, 2.75) is 19.4 Å². The number of hydrogen-bond donors (Lipinski definition) is 0. The number of nitrogens with zero attached hydrogens (tertiary/aromatic N) is 2. The molecule has 2 amide bonds. The summed E-state index contributed by atoms with van der Waals surface area (Å²) in [4.78, 5) is 25.8. The summed E-state index contributed by atoms with van der Waals surface area (Å²) in [5.74, 6) is 0.524. The van der Waals surface area contributed by atoms with Crippen LogP contribution in [-0.4, -0.2) is 30.1 Å². The summed E-state index contributed by atoms with van der Waals surface area (Å²) in [7, 11) is 1.56. The lowest BCUT2D eigenvalue weighted by Gasteiger charge is -2.37. The molecule has 2 fully saturated rings. The van der Waals surface area contributed by atoms with Gasteiger partial charge in [0.05, 0.1) is 25.2 Å². The highest BCUT2D eigenvalue weighted by Gasteiger charge is 2.56. The predicted molar refractivity (Wildman–Crippen MR) is 121 cm³/mol. The number of hydrogen-bond acceptors (Lipinski definition) is 5. The molecular formula is C25H23ClN2O4. The molecule has 6 nitrogen and oxygen atoms in total. The summed E-state index contributed by atoms with van der Waals surface area (Å²) in [5, 5.41) is 5.99. The van der Waals surface area contributed by atoms with E-state index in [-0.39, 0.29) is 35.5 Å². The molecule has 2 bridgehead atoms. The maximum Gasteiger partial charge on any atom is 0.254 e. The van der Waals surface area contributed by atoms with Crippen molar-refractivity contribution in [2.24, 2.45) is 28.8 Å². The molecule has 164 valence electrons. The molecule has 32 heavy (non-hydrogen) atoms. The molecule has 6 rings (SSSR count). The summed E-state index contributed by atoms with van der Waals surface area (Å²) >= 11 is 5.92. The van der Waals surface area contributed by atoms with Gasteiger partial charge in [0.25, 0.3) is 11.8 Å². The van der Waals surface area contributed by atoms with E-state index >= 15 is 0 Å². The van der Waals surface area contributed by atoms with E-state index < -0.39 is 0 Å². The van der Waals surface area contributed by atoms with Crippen LogP contribution in [0.2, 0.25) is 5.02 Å². The first-order valence-electron chi connectivity index (χ1n) is 10.7. The van der Waals surface area contributed by atoms with Gasteiger partial charge < -0.3 is 9.47 Å². The van der Waals surface area contributed by atoms with Gasteiger partial charge in [-0.1, -0.05) is 35.9 Å². The normalized spacial score (nSPS) is 26.1. The standard InChI is InChI=1S/C25H23ClN2O4/c1-31-21-12-16(4-11-20(21)32-14-15-2-9-19(26)10-3-15)13-27-28-24(29)22-17-5-6-18(8-7-17)23(22)25(28)30/h2-6,9-13,17-18,22-23H,7-8,14H2,1H3/b27-13-/t17-,18+,22-,23-/m0/s1. The Hall–Kier alpha value is -3.12. The van der Waals surface area contributed by atoms with Gasteiger partial charge in [0, 0.05) is 5.02 Å². The summed E-state index contributed by atoms with van der Waals surface area (Å²) in [6, 6.07) is 12.8. The van der Waals surface area contributed by atoms with Crippen LogP contribution < -0.4 is 9.47 Å². The number of amides is 2. The molecule has 1 heterocycles. The van der Waals surface area contributed by atoms with Crippen LogP contribution in [0.3, 0.4) is 0 Å². The molecule has 4 atom stereocenters. The van der Waals surface area contributed by atoms with E-state index in [1.54, 1.807) is 19.2 Å². The Kier molecular flexibility index (Phi) is 5.47. The number of hydrazone groups is 1. The number of methoxy groups -OCH3 is 1. The highest BCUT2D eigenvalue weighted by atomic mass is 35.5. The van der Waals surface area contributed by atoms with Crippen LogP contribution in [-0.2, 0) is 16.2 Å². The Morgan fingerprint density at radius 1 is 1.00 bits per heavy atom. The Morgan fingerprint density at radius 2 is 1.66 bits per heavy atom. The molecule has 0 unspecified atom stereocenters. The van der Waals surface area contributed by atoms with E-state index in [2.05, 4.69) is 17.3 Å². The minimum Gasteiger partial charge on any atom is -0.493 e. The average molecular weight is 451 g/mol. The van der Waals surface area contributed by atoms with Crippen LogP contribution in [0, 0.1) is 23.7 Å². The summed E-state index contributed by atoms with van der Waals surface area (Å²) in [6.45, 7) is 0.372. The van der Waals surface area contributed by atoms with E-state index in [4.69, 9.17) is 21.1 Å². The molecule has 2 aromatic rings. The number of imide groups is 1. The molecule has 1 saturated carbocycles. The molecule has 7 heteroatoms. The number of fused-ring (bicyclic) bond motifs is 1. The Labute approximate surface area is 191 Å². The number of carbonyl (C=O) groups is 2. The number of rotatable bonds is 6. The molecule has 4 aliphatic rings. The van der Waals surface area contributed by atoms with Gasteiger partial charge in [-0.25, -0.2) is 0 Å².